The normalized spacial score (nSPS) is 11.4. The number of unbranched alkanes of at least 4 members (excludes halogenated alkanes) is 2. The standard InChI is InChI=1S/C22H27N3O4S/c1-5-7-8-13-25(22-24-15(3)19(30-22)21(27)28-6-2)20(26)16(4)29-18-11-9-17(14-23)10-12-18/h9-12,16H,5-8,13H2,1-4H3. The highest BCUT2D eigenvalue weighted by Gasteiger charge is 2.28. The van der Waals surface area contributed by atoms with Crippen LogP contribution in [0.15, 0.2) is 24.3 Å². The van der Waals surface area contributed by atoms with Gasteiger partial charge in [-0.3, -0.25) is 9.69 Å². The molecule has 8 heteroatoms. The molecule has 1 unspecified atom stereocenters. The third-order valence-corrected chi connectivity index (χ3v) is 5.53. The molecule has 0 saturated carbocycles. The molecule has 160 valence electrons. The lowest BCUT2D eigenvalue weighted by Crippen LogP contribution is -2.41. The van der Waals surface area contributed by atoms with E-state index in [0.29, 0.717) is 33.6 Å². The van der Waals surface area contributed by atoms with E-state index in [2.05, 4.69) is 11.9 Å². The number of nitrogens with zero attached hydrogens (tertiary/aromatic N) is 3. The second-order valence-corrected chi connectivity index (χ2v) is 7.70. The summed E-state index contributed by atoms with van der Waals surface area (Å²) in [5.74, 6) is -0.160. The Bertz CT molecular complexity index is 902. The molecule has 0 aliphatic carbocycles. The number of anilines is 1. The number of amides is 1. The number of aryl methyl sites for hydroxylation is 1. The Morgan fingerprint density at radius 2 is 1.93 bits per heavy atom. The van der Waals surface area contributed by atoms with E-state index in [-0.39, 0.29) is 12.5 Å². The van der Waals surface area contributed by atoms with Gasteiger partial charge in [0.1, 0.15) is 10.6 Å². The van der Waals surface area contributed by atoms with Crippen molar-refractivity contribution in [2.24, 2.45) is 0 Å². The van der Waals surface area contributed by atoms with Crippen LogP contribution in [0.3, 0.4) is 0 Å². The summed E-state index contributed by atoms with van der Waals surface area (Å²) in [6, 6.07) is 8.66. The number of hydrogen-bond acceptors (Lipinski definition) is 7. The Hall–Kier alpha value is -2.92. The summed E-state index contributed by atoms with van der Waals surface area (Å²) >= 11 is 1.16. The van der Waals surface area contributed by atoms with Crippen LogP contribution < -0.4 is 9.64 Å². The van der Waals surface area contributed by atoms with Gasteiger partial charge in [0.15, 0.2) is 11.2 Å². The third kappa shape index (κ3) is 6.04. The number of nitriles is 1. The van der Waals surface area contributed by atoms with Crippen molar-refractivity contribution in [3.05, 3.63) is 40.4 Å². The first kappa shape index (κ1) is 23.4. The fourth-order valence-electron chi connectivity index (χ4n) is 2.79. The van der Waals surface area contributed by atoms with Gasteiger partial charge in [-0.05, 0) is 51.5 Å². The highest BCUT2D eigenvalue weighted by atomic mass is 32.1. The Morgan fingerprint density at radius 1 is 1.23 bits per heavy atom. The molecule has 1 aromatic carbocycles. The lowest BCUT2D eigenvalue weighted by Gasteiger charge is -2.24. The zero-order valence-corrected chi connectivity index (χ0v) is 18.6. The molecule has 0 aliphatic rings. The van der Waals surface area contributed by atoms with Gasteiger partial charge < -0.3 is 9.47 Å². The van der Waals surface area contributed by atoms with Gasteiger partial charge in [-0.1, -0.05) is 31.1 Å². The second kappa shape index (κ2) is 11.3. The van der Waals surface area contributed by atoms with Crippen molar-refractivity contribution in [2.75, 3.05) is 18.1 Å². The highest BCUT2D eigenvalue weighted by Crippen LogP contribution is 2.28. The van der Waals surface area contributed by atoms with E-state index in [0.717, 1.165) is 30.6 Å². The van der Waals surface area contributed by atoms with E-state index in [9.17, 15) is 9.59 Å². The van der Waals surface area contributed by atoms with Crippen molar-refractivity contribution in [3.8, 4) is 11.8 Å². The molecule has 1 heterocycles. The molecule has 30 heavy (non-hydrogen) atoms. The number of hydrogen-bond donors (Lipinski definition) is 0. The van der Waals surface area contributed by atoms with Crippen molar-refractivity contribution >= 4 is 28.3 Å². The maximum Gasteiger partial charge on any atom is 0.350 e. The van der Waals surface area contributed by atoms with Gasteiger partial charge in [0.2, 0.25) is 0 Å². The van der Waals surface area contributed by atoms with Crippen LogP contribution in [0, 0.1) is 18.3 Å². The van der Waals surface area contributed by atoms with Crippen molar-refractivity contribution < 1.29 is 19.1 Å². The van der Waals surface area contributed by atoms with Gasteiger partial charge in [0.05, 0.1) is 23.9 Å². The average molecular weight is 430 g/mol. The molecule has 0 saturated heterocycles. The largest absolute Gasteiger partial charge is 0.481 e. The number of thiazole rings is 1. The van der Waals surface area contributed by atoms with Crippen LogP contribution in [0.4, 0.5) is 5.13 Å². The quantitative estimate of drug-likeness (QED) is 0.408. The fourth-order valence-corrected chi connectivity index (χ4v) is 3.78. The molecule has 1 amide bonds. The van der Waals surface area contributed by atoms with Gasteiger partial charge in [-0.25, -0.2) is 9.78 Å². The molecule has 0 N–H and O–H groups in total. The summed E-state index contributed by atoms with van der Waals surface area (Å²) in [6.07, 6.45) is 2.06. The van der Waals surface area contributed by atoms with E-state index in [1.54, 1.807) is 49.9 Å². The zero-order valence-electron chi connectivity index (χ0n) is 17.8. The van der Waals surface area contributed by atoms with Crippen molar-refractivity contribution in [1.82, 2.24) is 4.98 Å². The smallest absolute Gasteiger partial charge is 0.350 e. The van der Waals surface area contributed by atoms with Gasteiger partial charge in [0, 0.05) is 6.54 Å². The maximum atomic E-state index is 13.2. The molecule has 0 bridgehead atoms. The van der Waals surface area contributed by atoms with E-state index in [1.165, 1.54) is 0 Å². The Morgan fingerprint density at radius 3 is 2.53 bits per heavy atom. The van der Waals surface area contributed by atoms with Crippen LogP contribution in [0.25, 0.3) is 0 Å². The minimum atomic E-state index is -0.755. The lowest BCUT2D eigenvalue weighted by atomic mass is 10.2. The number of benzene rings is 1. The second-order valence-electron chi connectivity index (χ2n) is 6.72. The Kier molecular flexibility index (Phi) is 8.81. The predicted octanol–water partition coefficient (Wildman–Crippen LogP) is 4.49. The van der Waals surface area contributed by atoms with Crippen molar-refractivity contribution in [2.45, 2.75) is 53.1 Å². The van der Waals surface area contributed by atoms with Crippen LogP contribution >= 0.6 is 11.3 Å². The van der Waals surface area contributed by atoms with E-state index in [1.807, 2.05) is 6.07 Å². The fraction of sp³-hybridized carbons (Fsp3) is 0.455. The molecule has 0 radical (unpaired) electrons. The summed E-state index contributed by atoms with van der Waals surface area (Å²) in [6.45, 7) is 8.02. The van der Waals surface area contributed by atoms with Crippen LogP contribution in [0.5, 0.6) is 5.75 Å². The van der Waals surface area contributed by atoms with Crippen molar-refractivity contribution in [3.63, 3.8) is 0 Å². The third-order valence-electron chi connectivity index (χ3n) is 4.37. The zero-order chi connectivity index (χ0) is 22.1. The van der Waals surface area contributed by atoms with Crippen molar-refractivity contribution in [1.29, 1.82) is 5.26 Å². The average Bonchev–Trinajstić information content (AvgIpc) is 3.13. The Labute approximate surface area is 181 Å². The van der Waals surface area contributed by atoms with E-state index >= 15 is 0 Å². The molecule has 0 spiro atoms. The molecule has 2 rings (SSSR count). The first-order valence-electron chi connectivity index (χ1n) is 10.0. The van der Waals surface area contributed by atoms with Crippen LogP contribution in [0.2, 0.25) is 0 Å². The van der Waals surface area contributed by atoms with Crippen LogP contribution in [-0.2, 0) is 9.53 Å². The van der Waals surface area contributed by atoms with Crippen LogP contribution in [-0.4, -0.2) is 36.1 Å². The maximum absolute atomic E-state index is 13.2. The number of ether oxygens (including phenoxy) is 2. The predicted molar refractivity (Wildman–Crippen MR) is 116 cm³/mol. The molecule has 7 nitrogen and oxygen atoms in total. The number of carbonyl (C=O) groups is 2. The van der Waals surface area contributed by atoms with Gasteiger partial charge in [0.25, 0.3) is 5.91 Å². The summed E-state index contributed by atoms with van der Waals surface area (Å²) in [4.78, 5) is 31.8. The van der Waals surface area contributed by atoms with Gasteiger partial charge in [-0.2, -0.15) is 5.26 Å². The first-order chi connectivity index (χ1) is 14.4. The molecule has 1 atom stereocenters. The van der Waals surface area contributed by atoms with Crippen LogP contribution in [0.1, 0.15) is 61.0 Å². The molecular weight excluding hydrogens is 402 g/mol. The molecular formula is C22H27N3O4S. The summed E-state index contributed by atoms with van der Waals surface area (Å²) in [5.41, 5.74) is 1.06. The van der Waals surface area contributed by atoms with Gasteiger partial charge in [-0.15, -0.1) is 0 Å². The van der Waals surface area contributed by atoms with Gasteiger partial charge >= 0.3 is 5.97 Å². The number of carbonyl (C=O) groups excluding carboxylic acids is 2. The minimum absolute atomic E-state index is 0.236. The number of aromatic nitrogens is 1. The SMILES string of the molecule is CCCCCN(C(=O)C(C)Oc1ccc(C#N)cc1)c1nc(C)c(C(=O)OCC)s1. The van der Waals surface area contributed by atoms with E-state index in [4.69, 9.17) is 14.7 Å². The minimum Gasteiger partial charge on any atom is -0.481 e. The first-order valence-corrected chi connectivity index (χ1v) is 10.9. The summed E-state index contributed by atoms with van der Waals surface area (Å²) < 4.78 is 10.9. The summed E-state index contributed by atoms with van der Waals surface area (Å²) in [5, 5.41) is 9.37. The molecule has 0 aliphatic heterocycles. The lowest BCUT2D eigenvalue weighted by molar-refractivity contribution is -0.124. The number of rotatable bonds is 10. The number of esters is 1. The van der Waals surface area contributed by atoms with E-state index < -0.39 is 12.1 Å². The molecule has 2 aromatic rings. The highest BCUT2D eigenvalue weighted by molar-refractivity contribution is 7.17. The molecule has 0 fully saturated rings. The monoisotopic (exact) mass is 429 g/mol. The topological polar surface area (TPSA) is 92.5 Å². The Balaban J connectivity index is 2.22. The molecule has 1 aromatic heterocycles. The summed E-state index contributed by atoms with van der Waals surface area (Å²) in [7, 11) is 0.